The normalized spacial score (nSPS) is 15.6. The summed E-state index contributed by atoms with van der Waals surface area (Å²) >= 11 is 3.93. The van der Waals surface area contributed by atoms with Gasteiger partial charge in [-0.15, -0.1) is 22.7 Å². The summed E-state index contributed by atoms with van der Waals surface area (Å²) in [7, 11) is 0. The second kappa shape index (κ2) is 7.57. The van der Waals surface area contributed by atoms with Gasteiger partial charge in [-0.05, 0) is 70.1 Å². The van der Waals surface area contributed by atoms with Gasteiger partial charge in [-0.3, -0.25) is 0 Å². The molecule has 32 heavy (non-hydrogen) atoms. The lowest BCUT2D eigenvalue weighted by molar-refractivity contribution is 0.339. The molecule has 0 N–H and O–H groups in total. The van der Waals surface area contributed by atoms with E-state index in [0.29, 0.717) is 0 Å². The number of hydrogen-bond acceptors (Lipinski definition) is 2. The van der Waals surface area contributed by atoms with Crippen molar-refractivity contribution in [2.45, 2.75) is 44.9 Å². The first-order valence-corrected chi connectivity index (χ1v) is 13.7. The van der Waals surface area contributed by atoms with Crippen molar-refractivity contribution in [2.24, 2.45) is 5.92 Å². The number of hydrogen-bond donors (Lipinski definition) is 0. The fourth-order valence-corrected chi connectivity index (χ4v) is 8.43. The third-order valence-electron chi connectivity index (χ3n) is 7.54. The number of aryl methyl sites for hydroxylation is 1. The maximum atomic E-state index is 2.46. The topological polar surface area (TPSA) is 0 Å². The van der Waals surface area contributed by atoms with Gasteiger partial charge in [0, 0.05) is 20.2 Å². The van der Waals surface area contributed by atoms with E-state index >= 15 is 0 Å². The second-order valence-corrected chi connectivity index (χ2v) is 11.7. The lowest BCUT2D eigenvalue weighted by Gasteiger charge is -2.21. The molecule has 2 heteroatoms. The van der Waals surface area contributed by atoms with Crippen LogP contribution in [-0.4, -0.2) is 0 Å². The zero-order valence-corrected chi connectivity index (χ0v) is 19.8. The molecule has 6 aromatic rings. The van der Waals surface area contributed by atoms with Gasteiger partial charge < -0.3 is 0 Å². The van der Waals surface area contributed by atoms with E-state index in [-0.39, 0.29) is 0 Å². The third-order valence-corrected chi connectivity index (χ3v) is 10.0. The average molecular weight is 451 g/mol. The highest BCUT2D eigenvalue weighted by Crippen LogP contribution is 2.46. The smallest absolute Gasteiger partial charge is 0.0542 e. The third kappa shape index (κ3) is 3.16. The van der Waals surface area contributed by atoms with Gasteiger partial charge in [-0.25, -0.2) is 0 Å². The summed E-state index contributed by atoms with van der Waals surface area (Å²) in [5.74, 6) is 0.954. The number of rotatable bonds is 3. The Hall–Kier alpha value is -2.42. The molecule has 0 nitrogen and oxygen atoms in total. The fourth-order valence-electron chi connectivity index (χ4n) is 5.74. The molecular formula is C30H26S2. The van der Waals surface area contributed by atoms with Crippen LogP contribution in [0.15, 0.2) is 66.7 Å². The Labute approximate surface area is 196 Å². The molecule has 0 radical (unpaired) electrons. The summed E-state index contributed by atoms with van der Waals surface area (Å²) in [6, 6.07) is 25.6. The number of thiophene rings is 2. The monoisotopic (exact) mass is 450 g/mol. The van der Waals surface area contributed by atoms with E-state index in [2.05, 4.69) is 66.7 Å². The summed E-state index contributed by atoms with van der Waals surface area (Å²) in [5.41, 5.74) is 1.51. The van der Waals surface area contributed by atoms with Crippen LogP contribution in [0.1, 0.15) is 44.1 Å². The van der Waals surface area contributed by atoms with Crippen LogP contribution in [0.5, 0.6) is 0 Å². The second-order valence-electron chi connectivity index (χ2n) is 9.63. The van der Waals surface area contributed by atoms with Crippen molar-refractivity contribution < 1.29 is 0 Å². The predicted octanol–water partition coefficient (Wildman–Crippen LogP) is 10.1. The molecule has 0 unspecified atom stereocenters. The van der Waals surface area contributed by atoms with Crippen molar-refractivity contribution in [3.8, 4) is 0 Å². The zero-order valence-electron chi connectivity index (χ0n) is 18.2. The van der Waals surface area contributed by atoms with E-state index in [1.807, 2.05) is 22.7 Å². The van der Waals surface area contributed by atoms with Crippen molar-refractivity contribution in [1.82, 2.24) is 0 Å². The van der Waals surface area contributed by atoms with Crippen LogP contribution in [0.3, 0.4) is 0 Å². The molecule has 158 valence electrons. The number of fused-ring (bicyclic) bond motifs is 7. The highest BCUT2D eigenvalue weighted by Gasteiger charge is 2.15. The molecule has 1 aliphatic rings. The van der Waals surface area contributed by atoms with Crippen LogP contribution in [0, 0.1) is 5.92 Å². The summed E-state index contributed by atoms with van der Waals surface area (Å²) in [6.45, 7) is 0. The SMILES string of the molecule is c1ccc2cc3c(cc2c1)sc1c2cc4ccc(CCC5CCCCC5)cc4cc2sc31. The average Bonchev–Trinajstić information content (AvgIpc) is 3.35. The summed E-state index contributed by atoms with van der Waals surface area (Å²) in [6.07, 6.45) is 9.83. The van der Waals surface area contributed by atoms with Crippen LogP contribution >= 0.6 is 22.7 Å². The molecule has 0 aliphatic heterocycles. The van der Waals surface area contributed by atoms with Gasteiger partial charge in [-0.2, -0.15) is 0 Å². The van der Waals surface area contributed by atoms with Crippen molar-refractivity contribution >= 4 is 73.8 Å². The van der Waals surface area contributed by atoms with Crippen molar-refractivity contribution in [3.63, 3.8) is 0 Å². The molecule has 4 aromatic carbocycles. The van der Waals surface area contributed by atoms with Crippen LogP contribution in [-0.2, 0) is 6.42 Å². The number of benzene rings is 4. The molecule has 1 aliphatic carbocycles. The minimum atomic E-state index is 0.954. The quantitative estimate of drug-likeness (QED) is 0.251. The Kier molecular flexibility index (Phi) is 4.52. The van der Waals surface area contributed by atoms with Gasteiger partial charge in [0.15, 0.2) is 0 Å². The first-order valence-electron chi connectivity index (χ1n) is 12.0. The lowest BCUT2D eigenvalue weighted by atomic mass is 9.85. The first-order chi connectivity index (χ1) is 15.8. The van der Waals surface area contributed by atoms with Crippen LogP contribution in [0.2, 0.25) is 0 Å². The van der Waals surface area contributed by atoms with Gasteiger partial charge in [-0.1, -0.05) is 74.6 Å². The molecule has 2 heterocycles. The summed E-state index contributed by atoms with van der Waals surface area (Å²) in [4.78, 5) is 0. The van der Waals surface area contributed by atoms with Crippen LogP contribution in [0.25, 0.3) is 51.1 Å². The highest BCUT2D eigenvalue weighted by atomic mass is 32.1. The van der Waals surface area contributed by atoms with Crippen molar-refractivity contribution in [3.05, 3.63) is 72.3 Å². The van der Waals surface area contributed by atoms with Gasteiger partial charge in [0.1, 0.15) is 0 Å². The van der Waals surface area contributed by atoms with Gasteiger partial charge >= 0.3 is 0 Å². The van der Waals surface area contributed by atoms with Gasteiger partial charge in [0.25, 0.3) is 0 Å². The van der Waals surface area contributed by atoms with Crippen molar-refractivity contribution in [1.29, 1.82) is 0 Å². The lowest BCUT2D eigenvalue weighted by Crippen LogP contribution is -2.07. The molecule has 0 bridgehead atoms. The Morgan fingerprint density at radius 3 is 1.97 bits per heavy atom. The molecule has 1 saturated carbocycles. The molecule has 2 aromatic heterocycles. The molecular weight excluding hydrogens is 424 g/mol. The molecule has 0 spiro atoms. The Morgan fingerprint density at radius 1 is 0.625 bits per heavy atom. The van der Waals surface area contributed by atoms with E-state index in [9.17, 15) is 0 Å². The molecule has 0 saturated heterocycles. The maximum Gasteiger partial charge on any atom is 0.0542 e. The zero-order chi connectivity index (χ0) is 21.1. The Morgan fingerprint density at radius 2 is 1.25 bits per heavy atom. The standard InChI is InChI=1S/C30H26S2/c1-2-6-19(7-3-1)10-11-20-12-13-23-16-26-28(18-24(23)14-20)32-29-25-15-21-8-4-5-9-22(21)17-27(25)31-30(26)29/h4-5,8-9,12-19H,1-3,6-7,10-11H2. The van der Waals surface area contributed by atoms with E-state index < -0.39 is 0 Å². The minimum absolute atomic E-state index is 0.954. The molecule has 7 rings (SSSR count). The van der Waals surface area contributed by atoms with Gasteiger partial charge in [0.05, 0.1) is 9.40 Å². The van der Waals surface area contributed by atoms with Gasteiger partial charge in [0.2, 0.25) is 0 Å². The minimum Gasteiger partial charge on any atom is -0.134 e. The van der Waals surface area contributed by atoms with Crippen molar-refractivity contribution in [2.75, 3.05) is 0 Å². The van der Waals surface area contributed by atoms with E-state index in [4.69, 9.17) is 0 Å². The maximum absolute atomic E-state index is 2.46. The fraction of sp³-hybridized carbons (Fsp3) is 0.267. The van der Waals surface area contributed by atoms with E-state index in [0.717, 1.165) is 5.92 Å². The first kappa shape index (κ1) is 19.1. The summed E-state index contributed by atoms with van der Waals surface area (Å²) in [5, 5.41) is 8.30. The largest absolute Gasteiger partial charge is 0.134 e. The van der Waals surface area contributed by atoms with E-state index in [1.54, 1.807) is 0 Å². The van der Waals surface area contributed by atoms with Crippen LogP contribution in [0.4, 0.5) is 0 Å². The molecule has 0 amide bonds. The van der Waals surface area contributed by atoms with E-state index in [1.165, 1.54) is 102 Å². The van der Waals surface area contributed by atoms with Crippen LogP contribution < -0.4 is 0 Å². The Balaban J connectivity index is 1.31. The predicted molar refractivity (Wildman–Crippen MR) is 145 cm³/mol. The Bertz CT molecular complexity index is 1610. The molecule has 1 fully saturated rings. The summed E-state index contributed by atoms with van der Waals surface area (Å²) < 4.78 is 5.75. The highest BCUT2D eigenvalue weighted by molar-refractivity contribution is 7.36. The molecule has 0 atom stereocenters.